The number of hydrogen-bond donors (Lipinski definition) is 0. The van der Waals surface area contributed by atoms with E-state index in [9.17, 15) is 0 Å². The molecule has 52 valence electrons. The van der Waals surface area contributed by atoms with Crippen molar-refractivity contribution >= 4 is 11.6 Å². The van der Waals surface area contributed by atoms with Gasteiger partial charge in [0.25, 0.3) is 0 Å². The quantitative estimate of drug-likeness (QED) is 0.545. The molecule has 0 saturated carbocycles. The fraction of sp³-hybridized carbons (Fsp3) is 0. The zero-order valence-corrected chi connectivity index (χ0v) is 6.13. The number of nitriles is 2. The molecule has 1 heterocycles. The molecule has 1 aromatic heterocycles. The Hall–Kier alpha value is -1.58. The average molecular weight is 164 g/mol. The molecule has 1 rings (SSSR count). The van der Waals surface area contributed by atoms with Crippen molar-refractivity contribution in [2.75, 3.05) is 0 Å². The topological polar surface area (TPSA) is 60.5 Å². The summed E-state index contributed by atoms with van der Waals surface area (Å²) in [4.78, 5) is 3.64. The Labute approximate surface area is 68.5 Å². The fourth-order valence-electron chi connectivity index (χ4n) is 0.588. The minimum Gasteiger partial charge on any atom is -0.242 e. The summed E-state index contributed by atoms with van der Waals surface area (Å²) in [6, 6.07) is 5.08. The van der Waals surface area contributed by atoms with Gasteiger partial charge in [0.05, 0.1) is 11.1 Å². The molecule has 0 aliphatic carbocycles. The zero-order chi connectivity index (χ0) is 8.27. The van der Waals surface area contributed by atoms with Crippen molar-refractivity contribution in [3.8, 4) is 12.1 Å². The maximum absolute atomic E-state index is 8.45. The summed E-state index contributed by atoms with van der Waals surface area (Å²) in [6.07, 6.45) is 1.32. The molecule has 3 nitrogen and oxygen atoms in total. The predicted molar refractivity (Wildman–Crippen MR) is 38.7 cm³/mol. The highest BCUT2D eigenvalue weighted by molar-refractivity contribution is 6.30. The van der Waals surface area contributed by atoms with E-state index >= 15 is 0 Å². The Morgan fingerprint density at radius 3 is 2.64 bits per heavy atom. The molecule has 0 amide bonds. The van der Waals surface area contributed by atoms with E-state index in [1.807, 2.05) is 12.1 Å². The zero-order valence-electron chi connectivity index (χ0n) is 5.37. The van der Waals surface area contributed by atoms with Crippen molar-refractivity contribution in [3.05, 3.63) is 28.5 Å². The van der Waals surface area contributed by atoms with Gasteiger partial charge >= 0.3 is 0 Å². The molecule has 0 unspecified atom stereocenters. The van der Waals surface area contributed by atoms with Crippen LogP contribution in [0.5, 0.6) is 0 Å². The second kappa shape index (κ2) is 3.01. The van der Waals surface area contributed by atoms with Gasteiger partial charge in [-0.15, -0.1) is 0 Å². The van der Waals surface area contributed by atoms with E-state index in [0.717, 1.165) is 0 Å². The summed E-state index contributed by atoms with van der Waals surface area (Å²) in [7, 11) is 0. The largest absolute Gasteiger partial charge is 0.242 e. The van der Waals surface area contributed by atoms with Crippen LogP contribution in [0.4, 0.5) is 0 Å². The summed E-state index contributed by atoms with van der Waals surface area (Å²) >= 11 is 5.51. The number of nitrogens with zero attached hydrogens (tertiary/aromatic N) is 3. The van der Waals surface area contributed by atoms with Crippen molar-refractivity contribution in [1.82, 2.24) is 4.98 Å². The number of hydrogen-bond acceptors (Lipinski definition) is 3. The number of pyridine rings is 1. The van der Waals surface area contributed by atoms with E-state index in [2.05, 4.69) is 4.98 Å². The van der Waals surface area contributed by atoms with Crippen LogP contribution in [-0.4, -0.2) is 4.98 Å². The molecule has 11 heavy (non-hydrogen) atoms. The fourth-order valence-corrected chi connectivity index (χ4v) is 0.733. The normalized spacial score (nSPS) is 8.27. The highest BCUT2D eigenvalue weighted by Gasteiger charge is 2.00. The van der Waals surface area contributed by atoms with E-state index < -0.39 is 0 Å². The maximum atomic E-state index is 8.45. The van der Waals surface area contributed by atoms with Crippen LogP contribution in [0.1, 0.15) is 11.1 Å². The van der Waals surface area contributed by atoms with Crippen LogP contribution < -0.4 is 0 Å². The molecule has 0 aliphatic heterocycles. The number of aromatic nitrogens is 1. The predicted octanol–water partition coefficient (Wildman–Crippen LogP) is 1.48. The minimum atomic E-state index is 0.131. The Morgan fingerprint density at radius 2 is 2.09 bits per heavy atom. The second-order valence-corrected chi connectivity index (χ2v) is 2.14. The molecule has 0 saturated heterocycles. The van der Waals surface area contributed by atoms with E-state index in [1.54, 1.807) is 0 Å². The van der Waals surface area contributed by atoms with Gasteiger partial charge < -0.3 is 0 Å². The molecular weight excluding hydrogens is 162 g/mol. The van der Waals surface area contributed by atoms with Crippen LogP contribution in [-0.2, 0) is 0 Å². The van der Waals surface area contributed by atoms with Gasteiger partial charge in [0.1, 0.15) is 17.3 Å². The van der Waals surface area contributed by atoms with Gasteiger partial charge in [0.15, 0.2) is 0 Å². The summed E-state index contributed by atoms with van der Waals surface area (Å²) in [6.45, 7) is 0. The lowest BCUT2D eigenvalue weighted by molar-refractivity contribution is 1.28. The van der Waals surface area contributed by atoms with E-state index in [1.165, 1.54) is 12.3 Å². The highest BCUT2D eigenvalue weighted by Crippen LogP contribution is 2.11. The van der Waals surface area contributed by atoms with E-state index in [4.69, 9.17) is 22.1 Å². The molecule has 0 atom stereocenters. The average Bonchev–Trinajstić information content (AvgIpc) is 2.05. The third kappa shape index (κ3) is 1.46. The third-order valence-electron chi connectivity index (χ3n) is 1.09. The van der Waals surface area contributed by atoms with Crippen LogP contribution in [0, 0.1) is 22.7 Å². The molecular formula is C7H2ClN3. The van der Waals surface area contributed by atoms with Crippen LogP contribution in [0.25, 0.3) is 0 Å². The molecule has 0 fully saturated rings. The Morgan fingerprint density at radius 1 is 1.36 bits per heavy atom. The van der Waals surface area contributed by atoms with Crippen molar-refractivity contribution in [1.29, 1.82) is 10.5 Å². The molecule has 0 aliphatic rings. The van der Waals surface area contributed by atoms with E-state index in [0.29, 0.717) is 5.56 Å². The SMILES string of the molecule is N#Cc1cnc(Cl)c(C#N)c1. The summed E-state index contributed by atoms with van der Waals surface area (Å²) in [5.74, 6) is 0. The lowest BCUT2D eigenvalue weighted by atomic mass is 10.2. The molecule has 0 aromatic carbocycles. The Balaban J connectivity index is 3.29. The van der Waals surface area contributed by atoms with E-state index in [-0.39, 0.29) is 10.7 Å². The first-order chi connectivity index (χ1) is 5.27. The summed E-state index contributed by atoms with van der Waals surface area (Å²) in [5, 5.41) is 17.0. The summed E-state index contributed by atoms with van der Waals surface area (Å²) < 4.78 is 0. The van der Waals surface area contributed by atoms with Gasteiger partial charge in [-0.3, -0.25) is 0 Å². The molecule has 0 spiro atoms. The highest BCUT2D eigenvalue weighted by atomic mass is 35.5. The van der Waals surface area contributed by atoms with Crippen LogP contribution in [0.3, 0.4) is 0 Å². The van der Waals surface area contributed by atoms with Crippen LogP contribution >= 0.6 is 11.6 Å². The van der Waals surface area contributed by atoms with Crippen molar-refractivity contribution in [2.45, 2.75) is 0 Å². The van der Waals surface area contributed by atoms with Gasteiger partial charge in [0.2, 0.25) is 0 Å². The van der Waals surface area contributed by atoms with Crippen molar-refractivity contribution < 1.29 is 0 Å². The molecule has 0 N–H and O–H groups in total. The first-order valence-electron chi connectivity index (χ1n) is 2.73. The molecule has 0 bridgehead atoms. The van der Waals surface area contributed by atoms with Crippen LogP contribution in [0.15, 0.2) is 12.3 Å². The smallest absolute Gasteiger partial charge is 0.146 e. The Kier molecular flexibility index (Phi) is 2.06. The van der Waals surface area contributed by atoms with Gasteiger partial charge in [-0.2, -0.15) is 10.5 Å². The van der Waals surface area contributed by atoms with Gasteiger partial charge in [0, 0.05) is 6.20 Å². The van der Waals surface area contributed by atoms with Gasteiger partial charge in [-0.1, -0.05) is 11.6 Å². The molecule has 1 aromatic rings. The number of rotatable bonds is 0. The standard InChI is InChI=1S/C7H2ClN3/c8-7-6(3-10)1-5(2-9)4-11-7/h1,4H. The summed E-state index contributed by atoms with van der Waals surface area (Å²) in [5.41, 5.74) is 0.566. The third-order valence-corrected chi connectivity index (χ3v) is 1.39. The monoisotopic (exact) mass is 163 g/mol. The van der Waals surface area contributed by atoms with Crippen molar-refractivity contribution in [2.24, 2.45) is 0 Å². The second-order valence-electron chi connectivity index (χ2n) is 1.79. The first kappa shape index (κ1) is 7.53. The minimum absolute atomic E-state index is 0.131. The Bertz CT molecular complexity index is 359. The molecule has 4 heteroatoms. The number of halogens is 1. The lowest BCUT2D eigenvalue weighted by Gasteiger charge is -1.91. The first-order valence-corrected chi connectivity index (χ1v) is 3.11. The maximum Gasteiger partial charge on any atom is 0.146 e. The van der Waals surface area contributed by atoms with Crippen LogP contribution in [0.2, 0.25) is 5.15 Å². The molecule has 0 radical (unpaired) electrons. The van der Waals surface area contributed by atoms with Gasteiger partial charge in [-0.05, 0) is 6.07 Å². The van der Waals surface area contributed by atoms with Crippen molar-refractivity contribution in [3.63, 3.8) is 0 Å². The van der Waals surface area contributed by atoms with Gasteiger partial charge in [-0.25, -0.2) is 4.98 Å². The lowest BCUT2D eigenvalue weighted by Crippen LogP contribution is -1.84.